The van der Waals surface area contributed by atoms with E-state index in [9.17, 15) is 14.4 Å². The summed E-state index contributed by atoms with van der Waals surface area (Å²) >= 11 is 0. The molecule has 3 heterocycles. The molecule has 2 aromatic carbocycles. The number of nitrogens with zero attached hydrogens (tertiary/aromatic N) is 4. The fourth-order valence-electron chi connectivity index (χ4n) is 5.52. The Balaban J connectivity index is 1.43. The number of aromatic nitrogens is 3. The van der Waals surface area contributed by atoms with Gasteiger partial charge in [-0.25, -0.2) is 4.98 Å². The molecule has 10 heteroatoms. The predicted molar refractivity (Wildman–Crippen MR) is 173 cm³/mol. The van der Waals surface area contributed by atoms with Crippen LogP contribution in [0.15, 0.2) is 70.0 Å². The molecule has 0 radical (unpaired) electrons. The molecule has 0 saturated carbocycles. The Kier molecular flexibility index (Phi) is 8.82. The molecule has 0 aliphatic rings. The third-order valence-corrected chi connectivity index (χ3v) is 7.58. The van der Waals surface area contributed by atoms with E-state index >= 15 is 0 Å². The van der Waals surface area contributed by atoms with E-state index in [2.05, 4.69) is 31.2 Å². The van der Waals surface area contributed by atoms with Crippen LogP contribution in [0.1, 0.15) is 45.6 Å². The van der Waals surface area contributed by atoms with Crippen molar-refractivity contribution in [2.24, 2.45) is 7.05 Å². The maximum Gasteiger partial charge on any atom is 0.290 e. The van der Waals surface area contributed by atoms with Crippen LogP contribution in [0.25, 0.3) is 33.3 Å². The van der Waals surface area contributed by atoms with Crippen LogP contribution >= 0.6 is 0 Å². The van der Waals surface area contributed by atoms with E-state index in [0.29, 0.717) is 41.4 Å². The molecule has 0 aliphatic heterocycles. The van der Waals surface area contributed by atoms with Crippen LogP contribution in [0, 0.1) is 13.8 Å². The van der Waals surface area contributed by atoms with E-state index < -0.39 is 0 Å². The Bertz CT molecular complexity index is 1900. The van der Waals surface area contributed by atoms with Crippen molar-refractivity contribution in [2.75, 3.05) is 32.5 Å². The number of carbonyl (C=O) groups is 2. The lowest BCUT2D eigenvalue weighted by atomic mass is 10.0. The number of amides is 2. The van der Waals surface area contributed by atoms with Crippen LogP contribution in [0.3, 0.4) is 0 Å². The van der Waals surface area contributed by atoms with Crippen LogP contribution in [-0.2, 0) is 13.6 Å². The molecule has 0 saturated heterocycles. The normalized spacial score (nSPS) is 11.3. The molecular weight excluding hydrogens is 556 g/mol. The van der Waals surface area contributed by atoms with E-state index in [-0.39, 0.29) is 17.4 Å². The molecule has 2 N–H and O–H groups in total. The highest BCUT2D eigenvalue weighted by Gasteiger charge is 2.21. The third-order valence-electron chi connectivity index (χ3n) is 7.58. The summed E-state index contributed by atoms with van der Waals surface area (Å²) in [5.74, 6) is 0.0225. The van der Waals surface area contributed by atoms with E-state index in [1.807, 2.05) is 58.3 Å². The number of nitrogens with one attached hydrogen (secondary N) is 2. The summed E-state index contributed by atoms with van der Waals surface area (Å²) in [6.07, 6.45) is 0.845. The van der Waals surface area contributed by atoms with Gasteiger partial charge in [-0.2, -0.15) is 4.74 Å². The van der Waals surface area contributed by atoms with Crippen molar-refractivity contribution >= 4 is 28.4 Å². The minimum absolute atomic E-state index is 0.179. The standard InChI is InChI=1S/C34H38N6O4/c1-7-40-28(23-12-14-24(15-13-23)29-22(3)44-39(6)34(29)43)20-26-18-21(2)36-30(31(26)40)33(42)37-27-11-8-10-25(19-27)32(41)35-16-9-17-38(4)5/h8,10-15,18-20H,7,9,16-17H2,1-6H3,(H,35,41)(H,37,42). The number of fused-ring (bicyclic) bond motifs is 1. The van der Waals surface area contributed by atoms with Gasteiger partial charge < -0.3 is 24.6 Å². The van der Waals surface area contributed by atoms with Gasteiger partial charge in [0.25, 0.3) is 17.4 Å². The minimum Gasteiger partial charge on any atom is -0.381 e. The number of benzene rings is 2. The predicted octanol–water partition coefficient (Wildman–Crippen LogP) is 5.23. The zero-order valence-electron chi connectivity index (χ0n) is 26.0. The summed E-state index contributed by atoms with van der Waals surface area (Å²) in [6, 6.07) is 18.7. The van der Waals surface area contributed by atoms with Gasteiger partial charge in [0.2, 0.25) is 0 Å². The molecule has 0 atom stereocenters. The summed E-state index contributed by atoms with van der Waals surface area (Å²) in [4.78, 5) is 45.7. The van der Waals surface area contributed by atoms with Crippen LogP contribution < -0.4 is 16.2 Å². The van der Waals surface area contributed by atoms with Crippen molar-refractivity contribution < 1.29 is 14.1 Å². The van der Waals surface area contributed by atoms with E-state index in [1.54, 1.807) is 38.2 Å². The first-order valence-electron chi connectivity index (χ1n) is 14.7. The summed E-state index contributed by atoms with van der Waals surface area (Å²) in [5, 5.41) is 6.78. The fraction of sp³-hybridized carbons (Fsp3) is 0.294. The van der Waals surface area contributed by atoms with Crippen LogP contribution in [0.5, 0.6) is 0 Å². The van der Waals surface area contributed by atoms with Gasteiger partial charge in [-0.1, -0.05) is 30.3 Å². The monoisotopic (exact) mass is 594 g/mol. The molecule has 0 bridgehead atoms. The average Bonchev–Trinajstić information content (AvgIpc) is 3.49. The highest BCUT2D eigenvalue weighted by atomic mass is 16.5. The van der Waals surface area contributed by atoms with Crippen LogP contribution in [0.2, 0.25) is 0 Å². The topological polar surface area (TPSA) is 114 Å². The molecule has 0 spiro atoms. The molecule has 0 unspecified atom stereocenters. The highest BCUT2D eigenvalue weighted by molar-refractivity contribution is 6.12. The molecule has 10 nitrogen and oxygen atoms in total. The summed E-state index contributed by atoms with van der Waals surface area (Å²) in [7, 11) is 5.59. The average molecular weight is 595 g/mol. The minimum atomic E-state index is -0.358. The zero-order valence-corrected chi connectivity index (χ0v) is 26.0. The van der Waals surface area contributed by atoms with E-state index in [1.165, 1.54) is 4.74 Å². The first-order chi connectivity index (χ1) is 21.1. The number of aryl methyl sites for hydroxylation is 4. The Morgan fingerprint density at radius 1 is 0.977 bits per heavy atom. The molecule has 0 aliphatic carbocycles. The van der Waals surface area contributed by atoms with Gasteiger partial charge in [0.1, 0.15) is 5.76 Å². The second-order valence-corrected chi connectivity index (χ2v) is 11.2. The molecular formula is C34H38N6O4. The second-order valence-electron chi connectivity index (χ2n) is 11.2. The molecule has 0 fully saturated rings. The Hall–Kier alpha value is -4.96. The van der Waals surface area contributed by atoms with E-state index in [0.717, 1.165) is 46.4 Å². The lowest BCUT2D eigenvalue weighted by Crippen LogP contribution is -2.27. The number of hydrogen-bond acceptors (Lipinski definition) is 6. The third kappa shape index (κ3) is 6.21. The van der Waals surface area contributed by atoms with Gasteiger partial charge in [0.15, 0.2) is 5.69 Å². The molecule has 44 heavy (non-hydrogen) atoms. The maximum atomic E-state index is 13.7. The molecule has 3 aromatic heterocycles. The van der Waals surface area contributed by atoms with Gasteiger partial charge in [-0.15, -0.1) is 0 Å². The summed E-state index contributed by atoms with van der Waals surface area (Å²) in [6.45, 7) is 7.73. The molecule has 5 aromatic rings. The van der Waals surface area contributed by atoms with Crippen molar-refractivity contribution in [3.8, 4) is 22.4 Å². The van der Waals surface area contributed by atoms with Gasteiger partial charge >= 0.3 is 0 Å². The maximum absolute atomic E-state index is 13.7. The fourth-order valence-corrected chi connectivity index (χ4v) is 5.52. The first kappa shape index (κ1) is 30.5. The Morgan fingerprint density at radius 3 is 2.36 bits per heavy atom. The van der Waals surface area contributed by atoms with Crippen molar-refractivity contribution in [1.82, 2.24) is 24.5 Å². The lowest BCUT2D eigenvalue weighted by molar-refractivity contribution is 0.0950. The van der Waals surface area contributed by atoms with Crippen molar-refractivity contribution in [2.45, 2.75) is 33.7 Å². The Morgan fingerprint density at radius 2 is 1.70 bits per heavy atom. The number of rotatable bonds is 10. The number of carbonyl (C=O) groups excluding carboxylic acids is 2. The largest absolute Gasteiger partial charge is 0.381 e. The summed E-state index contributed by atoms with van der Waals surface area (Å²) < 4.78 is 8.76. The number of hydrogen-bond donors (Lipinski definition) is 2. The molecule has 5 rings (SSSR count). The van der Waals surface area contributed by atoms with Crippen molar-refractivity contribution in [3.63, 3.8) is 0 Å². The Labute approximate surface area is 256 Å². The van der Waals surface area contributed by atoms with Crippen LogP contribution in [-0.4, -0.2) is 58.2 Å². The first-order valence-corrected chi connectivity index (χ1v) is 14.7. The van der Waals surface area contributed by atoms with Gasteiger partial charge in [-0.05, 0) is 89.3 Å². The second kappa shape index (κ2) is 12.7. The van der Waals surface area contributed by atoms with Crippen molar-refractivity contribution in [1.29, 1.82) is 0 Å². The van der Waals surface area contributed by atoms with Crippen LogP contribution in [0.4, 0.5) is 5.69 Å². The van der Waals surface area contributed by atoms with Gasteiger partial charge in [-0.3, -0.25) is 14.4 Å². The van der Waals surface area contributed by atoms with Gasteiger partial charge in [0.05, 0.1) is 11.1 Å². The molecule has 2 amide bonds. The van der Waals surface area contributed by atoms with E-state index in [4.69, 9.17) is 4.52 Å². The molecule has 228 valence electrons. The van der Waals surface area contributed by atoms with Gasteiger partial charge in [0, 0.05) is 48.2 Å². The quantitative estimate of drug-likeness (QED) is 0.214. The number of pyridine rings is 1. The smallest absolute Gasteiger partial charge is 0.290 e. The zero-order chi connectivity index (χ0) is 31.5. The SMILES string of the molecule is CCn1c(-c2ccc(-c3c(C)on(C)c3=O)cc2)cc2cc(C)nc(C(=O)Nc3cccc(C(=O)NCCCN(C)C)c3)c21. The number of anilines is 1. The van der Waals surface area contributed by atoms with Crippen molar-refractivity contribution in [3.05, 3.63) is 93.7 Å². The summed E-state index contributed by atoms with van der Waals surface area (Å²) in [5.41, 5.74) is 5.75. The lowest BCUT2D eigenvalue weighted by Gasteiger charge is -2.13. The highest BCUT2D eigenvalue weighted by Crippen LogP contribution is 2.32.